The zero-order valence-electron chi connectivity index (χ0n) is 12.6. The first-order valence-electron chi connectivity index (χ1n) is 7.43. The Morgan fingerprint density at radius 1 is 0.826 bits per heavy atom. The lowest BCUT2D eigenvalue weighted by molar-refractivity contribution is 0.0675. The minimum atomic E-state index is -0.267. The molecule has 114 valence electrons. The van der Waals surface area contributed by atoms with Crippen LogP contribution in [0.3, 0.4) is 0 Å². The van der Waals surface area contributed by atoms with Gasteiger partial charge in [0, 0.05) is 6.54 Å². The minimum absolute atomic E-state index is 0.124. The van der Waals surface area contributed by atoms with Crippen LogP contribution >= 0.6 is 0 Å². The summed E-state index contributed by atoms with van der Waals surface area (Å²) in [7, 11) is 0. The second-order valence-electron chi connectivity index (χ2n) is 5.18. The summed E-state index contributed by atoms with van der Waals surface area (Å²) in [5.74, 6) is 5.29. The summed E-state index contributed by atoms with van der Waals surface area (Å²) < 4.78 is 0. The predicted octanol–water partition coefficient (Wildman–Crippen LogP) is 2.08. The van der Waals surface area contributed by atoms with Gasteiger partial charge in [-0.2, -0.15) is 0 Å². The molecule has 0 saturated carbocycles. The molecule has 3 rings (SSSR count). The maximum Gasteiger partial charge on any atom is 0.262 e. The van der Waals surface area contributed by atoms with Gasteiger partial charge in [0.2, 0.25) is 0 Å². The van der Waals surface area contributed by atoms with E-state index in [2.05, 4.69) is 17.2 Å². The number of benzene rings is 2. The molecular formula is C19H16N2O2. The van der Waals surface area contributed by atoms with E-state index in [9.17, 15) is 9.59 Å². The summed E-state index contributed by atoms with van der Waals surface area (Å²) >= 11 is 0. The van der Waals surface area contributed by atoms with E-state index >= 15 is 0 Å². The number of hydrogen-bond donors (Lipinski definition) is 1. The highest BCUT2D eigenvalue weighted by Gasteiger charge is 2.34. The molecule has 1 N–H and O–H groups in total. The van der Waals surface area contributed by atoms with Crippen molar-refractivity contribution in [3.63, 3.8) is 0 Å². The molecule has 2 amide bonds. The Morgan fingerprint density at radius 2 is 1.43 bits per heavy atom. The molecule has 23 heavy (non-hydrogen) atoms. The van der Waals surface area contributed by atoms with Crippen molar-refractivity contribution in [2.45, 2.75) is 6.54 Å². The number of amides is 2. The van der Waals surface area contributed by atoms with Crippen molar-refractivity contribution in [3.05, 3.63) is 71.3 Å². The fourth-order valence-corrected chi connectivity index (χ4v) is 2.45. The number of hydrogen-bond acceptors (Lipinski definition) is 3. The van der Waals surface area contributed by atoms with Crippen LogP contribution in [0.25, 0.3) is 0 Å². The first-order chi connectivity index (χ1) is 11.3. The molecule has 0 aromatic heterocycles. The number of nitrogens with zero attached hydrogens (tertiary/aromatic N) is 1. The first kappa shape index (κ1) is 15.0. The predicted molar refractivity (Wildman–Crippen MR) is 87.7 cm³/mol. The van der Waals surface area contributed by atoms with Gasteiger partial charge in [0.1, 0.15) is 0 Å². The average Bonchev–Trinajstić information content (AvgIpc) is 2.84. The van der Waals surface area contributed by atoms with Crippen molar-refractivity contribution in [3.8, 4) is 11.8 Å². The zero-order chi connectivity index (χ0) is 16.1. The molecule has 0 atom stereocenters. The average molecular weight is 304 g/mol. The second-order valence-corrected chi connectivity index (χ2v) is 5.18. The first-order valence-corrected chi connectivity index (χ1v) is 7.43. The summed E-state index contributed by atoms with van der Waals surface area (Å²) in [6.07, 6.45) is 0. The molecule has 0 spiro atoms. The number of carbonyl (C=O) groups excluding carboxylic acids is 2. The van der Waals surface area contributed by atoms with Crippen LogP contribution in [-0.2, 0) is 6.54 Å². The van der Waals surface area contributed by atoms with Gasteiger partial charge >= 0.3 is 0 Å². The SMILES string of the molecule is O=C1c2ccccc2C(=O)N1CC#CCNCc1ccccc1. The third-order valence-corrected chi connectivity index (χ3v) is 3.63. The molecule has 2 aromatic rings. The van der Waals surface area contributed by atoms with Crippen LogP contribution in [0.1, 0.15) is 26.3 Å². The van der Waals surface area contributed by atoms with Gasteiger partial charge in [0.05, 0.1) is 24.2 Å². The lowest BCUT2D eigenvalue weighted by Crippen LogP contribution is -2.30. The molecule has 0 radical (unpaired) electrons. The Labute approximate surface area is 135 Å². The van der Waals surface area contributed by atoms with E-state index < -0.39 is 0 Å². The summed E-state index contributed by atoms with van der Waals surface area (Å²) in [6.45, 7) is 1.37. The van der Waals surface area contributed by atoms with Crippen LogP contribution in [0.5, 0.6) is 0 Å². The fraction of sp³-hybridized carbons (Fsp3) is 0.158. The molecule has 1 aliphatic heterocycles. The molecule has 1 heterocycles. The van der Waals surface area contributed by atoms with Gasteiger partial charge in [-0.3, -0.25) is 14.5 Å². The number of nitrogens with one attached hydrogen (secondary N) is 1. The zero-order valence-corrected chi connectivity index (χ0v) is 12.6. The van der Waals surface area contributed by atoms with Crippen molar-refractivity contribution >= 4 is 11.8 Å². The molecule has 4 nitrogen and oxygen atoms in total. The molecule has 2 aromatic carbocycles. The van der Waals surface area contributed by atoms with Crippen molar-refractivity contribution < 1.29 is 9.59 Å². The van der Waals surface area contributed by atoms with Gasteiger partial charge in [-0.05, 0) is 17.7 Å². The highest BCUT2D eigenvalue weighted by molar-refractivity contribution is 6.21. The van der Waals surface area contributed by atoms with E-state index in [0.29, 0.717) is 17.7 Å². The third kappa shape index (κ3) is 3.31. The Hall–Kier alpha value is -2.90. The Morgan fingerprint density at radius 3 is 2.09 bits per heavy atom. The van der Waals surface area contributed by atoms with E-state index in [0.717, 1.165) is 6.54 Å². The van der Waals surface area contributed by atoms with Gasteiger partial charge < -0.3 is 5.32 Å². The van der Waals surface area contributed by atoms with Crippen LogP contribution in [0.15, 0.2) is 54.6 Å². The van der Waals surface area contributed by atoms with Crippen LogP contribution in [0, 0.1) is 11.8 Å². The van der Waals surface area contributed by atoms with Crippen LogP contribution in [-0.4, -0.2) is 29.8 Å². The van der Waals surface area contributed by atoms with Crippen LogP contribution in [0.2, 0.25) is 0 Å². The number of carbonyl (C=O) groups is 2. The van der Waals surface area contributed by atoms with Gasteiger partial charge in [0.25, 0.3) is 11.8 Å². The molecule has 1 aliphatic rings. The number of fused-ring (bicyclic) bond motifs is 1. The smallest absolute Gasteiger partial charge is 0.262 e. The van der Waals surface area contributed by atoms with E-state index in [4.69, 9.17) is 0 Å². The van der Waals surface area contributed by atoms with Crippen molar-refractivity contribution in [2.75, 3.05) is 13.1 Å². The number of rotatable bonds is 4. The topological polar surface area (TPSA) is 49.4 Å². The molecule has 0 unspecified atom stereocenters. The molecule has 0 saturated heterocycles. The van der Waals surface area contributed by atoms with Crippen molar-refractivity contribution in [1.29, 1.82) is 0 Å². The lowest BCUT2D eigenvalue weighted by atomic mass is 10.1. The molecule has 0 aliphatic carbocycles. The van der Waals surface area contributed by atoms with Gasteiger partial charge in [0.15, 0.2) is 0 Å². The monoisotopic (exact) mass is 304 g/mol. The Kier molecular flexibility index (Phi) is 4.51. The van der Waals surface area contributed by atoms with E-state index in [1.807, 2.05) is 30.3 Å². The highest BCUT2D eigenvalue weighted by Crippen LogP contribution is 2.21. The Bertz CT molecular complexity index is 753. The van der Waals surface area contributed by atoms with Crippen LogP contribution in [0.4, 0.5) is 0 Å². The summed E-state index contributed by atoms with van der Waals surface area (Å²) in [6, 6.07) is 16.9. The third-order valence-electron chi connectivity index (χ3n) is 3.63. The van der Waals surface area contributed by atoms with Gasteiger partial charge in [-0.1, -0.05) is 54.3 Å². The molecule has 0 fully saturated rings. The fourth-order valence-electron chi connectivity index (χ4n) is 2.45. The van der Waals surface area contributed by atoms with E-state index in [-0.39, 0.29) is 18.4 Å². The maximum absolute atomic E-state index is 12.1. The lowest BCUT2D eigenvalue weighted by Gasteiger charge is -2.08. The van der Waals surface area contributed by atoms with E-state index in [1.165, 1.54) is 10.5 Å². The number of imide groups is 1. The summed E-state index contributed by atoms with van der Waals surface area (Å²) in [5.41, 5.74) is 2.11. The molecule has 0 bridgehead atoms. The van der Waals surface area contributed by atoms with Gasteiger partial charge in [-0.25, -0.2) is 0 Å². The standard InChI is InChI=1S/C19H16N2O2/c22-18-16-10-4-5-11-17(16)19(23)21(18)13-7-6-12-20-14-15-8-2-1-3-9-15/h1-5,8-11,20H,12-14H2. The normalized spacial score (nSPS) is 12.8. The summed E-state index contributed by atoms with van der Waals surface area (Å²) in [5, 5.41) is 3.20. The molecule has 4 heteroatoms. The largest absolute Gasteiger partial charge is 0.302 e. The van der Waals surface area contributed by atoms with Crippen LogP contribution < -0.4 is 5.32 Å². The minimum Gasteiger partial charge on any atom is -0.302 e. The summed E-state index contributed by atoms with van der Waals surface area (Å²) in [4.78, 5) is 25.5. The highest BCUT2D eigenvalue weighted by atomic mass is 16.2. The maximum atomic E-state index is 12.1. The van der Waals surface area contributed by atoms with E-state index in [1.54, 1.807) is 24.3 Å². The molecular weight excluding hydrogens is 288 g/mol. The van der Waals surface area contributed by atoms with Crippen molar-refractivity contribution in [2.24, 2.45) is 0 Å². The Balaban J connectivity index is 1.50. The quantitative estimate of drug-likeness (QED) is 0.534. The van der Waals surface area contributed by atoms with Gasteiger partial charge in [-0.15, -0.1) is 0 Å². The second kappa shape index (κ2) is 6.91. The van der Waals surface area contributed by atoms with Crippen molar-refractivity contribution in [1.82, 2.24) is 10.2 Å².